The number of esters is 1. The number of ether oxygens (including phenoxy) is 1. The number of amides is 1. The van der Waals surface area contributed by atoms with Crippen LogP contribution in [-0.2, 0) is 25.5 Å². The number of benzene rings is 1. The van der Waals surface area contributed by atoms with Crippen LogP contribution in [0.15, 0.2) is 47.8 Å². The van der Waals surface area contributed by atoms with Crippen LogP contribution >= 0.6 is 23.1 Å². The van der Waals surface area contributed by atoms with Gasteiger partial charge in [0.15, 0.2) is 0 Å². The highest BCUT2D eigenvalue weighted by Crippen LogP contribution is 2.35. The van der Waals surface area contributed by atoms with Crippen molar-refractivity contribution in [2.45, 2.75) is 37.1 Å². The van der Waals surface area contributed by atoms with E-state index in [0.29, 0.717) is 25.1 Å². The Balaban J connectivity index is 0.00000289. The number of thioether (sulfide) groups is 1. The molecule has 0 bridgehead atoms. The Kier molecular flexibility index (Phi) is 11.2. The smallest absolute Gasteiger partial charge is 1.00 e. The molecule has 0 radical (unpaired) electrons. The summed E-state index contributed by atoms with van der Waals surface area (Å²) in [4.78, 5) is 39.7. The van der Waals surface area contributed by atoms with E-state index in [4.69, 9.17) is 4.74 Å². The van der Waals surface area contributed by atoms with Crippen molar-refractivity contribution in [2.24, 2.45) is 0 Å². The number of carbonyl (C=O) groups is 3. The first kappa shape index (κ1) is 27.2. The average Bonchev–Trinajstić information content (AvgIpc) is 3.27. The van der Waals surface area contributed by atoms with Gasteiger partial charge in [0.2, 0.25) is 5.91 Å². The van der Waals surface area contributed by atoms with Crippen molar-refractivity contribution in [2.75, 3.05) is 25.4 Å². The van der Waals surface area contributed by atoms with Crippen molar-refractivity contribution in [3.63, 3.8) is 0 Å². The predicted octanol–water partition coefficient (Wildman–Crippen LogP) is 0.0884. The number of carboxylic acids is 1. The third-order valence-corrected chi connectivity index (χ3v) is 7.65. The molecule has 2 aromatic rings. The number of aryl methyl sites for hydroxylation is 1. The van der Waals surface area contributed by atoms with Crippen LogP contribution in [0.3, 0.4) is 0 Å². The minimum Gasteiger partial charge on any atom is -1.00 e. The maximum atomic E-state index is 13.2. The molecule has 1 fully saturated rings. The van der Waals surface area contributed by atoms with Gasteiger partial charge in [-0.2, -0.15) is 0 Å². The zero-order valence-corrected chi connectivity index (χ0v) is 20.7. The van der Waals surface area contributed by atoms with Crippen LogP contribution in [0.4, 0.5) is 0 Å². The molecule has 0 saturated carbocycles. The van der Waals surface area contributed by atoms with Gasteiger partial charge in [-0.1, -0.05) is 36.4 Å². The average molecular weight is 513 g/mol. The third-order valence-electron chi connectivity index (χ3n) is 5.18. The molecule has 1 aromatic carbocycles. The van der Waals surface area contributed by atoms with Crippen molar-refractivity contribution in [3.8, 4) is 0 Å². The van der Waals surface area contributed by atoms with Gasteiger partial charge >= 0.3 is 13.4 Å². The Morgan fingerprint density at radius 3 is 2.67 bits per heavy atom. The molecule has 1 aliphatic heterocycles. The summed E-state index contributed by atoms with van der Waals surface area (Å²) in [5.74, 6) is -1.31. The maximum absolute atomic E-state index is 13.2. The van der Waals surface area contributed by atoms with Gasteiger partial charge in [-0.15, -0.1) is 23.1 Å². The van der Waals surface area contributed by atoms with Gasteiger partial charge in [-0.25, -0.2) is 0 Å². The molecule has 10 heteroatoms. The summed E-state index contributed by atoms with van der Waals surface area (Å²) in [6.07, 6.45) is 1.13. The third kappa shape index (κ3) is 8.03. The molecule has 3 atom stereocenters. The van der Waals surface area contributed by atoms with Gasteiger partial charge in [0.25, 0.3) is 0 Å². The summed E-state index contributed by atoms with van der Waals surface area (Å²) in [6, 6.07) is 12.4. The molecule has 2 heterocycles. The Bertz CT molecular complexity index is 904. The summed E-state index contributed by atoms with van der Waals surface area (Å²) in [7, 11) is 0. The molecule has 1 unspecified atom stereocenters. The lowest BCUT2D eigenvalue weighted by atomic mass is 10.0. The van der Waals surface area contributed by atoms with Crippen LogP contribution in [0.25, 0.3) is 0 Å². The minimum atomic E-state index is -1.06. The fraction of sp³-hybridized carbons (Fsp3) is 0.435. The zero-order valence-electron chi connectivity index (χ0n) is 19.3. The van der Waals surface area contributed by atoms with E-state index in [-0.39, 0.29) is 38.1 Å². The van der Waals surface area contributed by atoms with Crippen molar-refractivity contribution >= 4 is 40.9 Å². The van der Waals surface area contributed by atoms with Gasteiger partial charge in [0.1, 0.15) is 12.6 Å². The minimum absolute atomic E-state index is 0. The second kappa shape index (κ2) is 13.6. The number of carboxylic acid groups (broad SMARTS) is 1. The molecule has 7 nitrogen and oxygen atoms in total. The van der Waals surface area contributed by atoms with Gasteiger partial charge < -0.3 is 27.2 Å². The van der Waals surface area contributed by atoms with E-state index in [2.05, 4.69) is 5.32 Å². The van der Waals surface area contributed by atoms with Crippen LogP contribution in [-0.4, -0.2) is 65.4 Å². The van der Waals surface area contributed by atoms with Crippen LogP contribution in [0, 0.1) is 0 Å². The van der Waals surface area contributed by atoms with Crippen molar-refractivity contribution in [3.05, 3.63) is 58.3 Å². The molecule has 0 spiro atoms. The first-order valence-electron chi connectivity index (χ1n) is 10.6. The van der Waals surface area contributed by atoms with Gasteiger partial charge in [-0.3, -0.25) is 19.7 Å². The van der Waals surface area contributed by atoms with E-state index < -0.39 is 24.0 Å². The van der Waals surface area contributed by atoms with Crippen LogP contribution in [0.1, 0.15) is 30.5 Å². The summed E-state index contributed by atoms with van der Waals surface area (Å²) < 4.78 is 5.25. The SMILES string of the molecule is CCOC(=O)[C@H](CCc1ccccc1)NC1CS[C@H](c2cccs2)CN(CC(=O)O)C1=O.[Cl-].[H+]. The Morgan fingerprint density at radius 1 is 1.27 bits per heavy atom. The molecule has 0 aliphatic carbocycles. The molecule has 180 valence electrons. The van der Waals surface area contributed by atoms with Crippen LogP contribution in [0.5, 0.6) is 0 Å². The number of carbonyl (C=O) groups excluding carboxylic acids is 2. The second-order valence-corrected chi connectivity index (χ2v) is 9.71. The maximum Gasteiger partial charge on any atom is 1.00 e. The van der Waals surface area contributed by atoms with Gasteiger partial charge in [-0.05, 0) is 36.8 Å². The largest absolute Gasteiger partial charge is 1.00 e. The molecule has 33 heavy (non-hydrogen) atoms. The van der Waals surface area contributed by atoms with Crippen LogP contribution < -0.4 is 17.7 Å². The molecular formula is C23H29ClN2O5S2. The zero-order chi connectivity index (χ0) is 22.9. The van der Waals surface area contributed by atoms with E-state index in [1.165, 1.54) is 4.90 Å². The number of hydrogen-bond acceptors (Lipinski definition) is 7. The summed E-state index contributed by atoms with van der Waals surface area (Å²) in [5, 5.41) is 14.5. The monoisotopic (exact) mass is 512 g/mol. The van der Waals surface area contributed by atoms with E-state index in [9.17, 15) is 19.5 Å². The second-order valence-electron chi connectivity index (χ2n) is 7.50. The molecule has 1 aromatic heterocycles. The highest BCUT2D eigenvalue weighted by atomic mass is 35.5. The lowest BCUT2D eigenvalue weighted by molar-refractivity contribution is -0.148. The first-order valence-corrected chi connectivity index (χ1v) is 12.5. The number of hydrogen-bond donors (Lipinski definition) is 2. The molecule has 1 amide bonds. The number of thiophene rings is 1. The standard InChI is InChI=1S/C23H28N2O5S2.ClH/c1-2-30-23(29)17(11-10-16-7-4-3-5-8-16)24-18-15-32-20(19-9-6-12-31-19)13-25(22(18)28)14-21(26)27;/h3-9,12,17-18,20,24H,2,10-11,13-15H2,1H3,(H,26,27);1H/t17-,18?,20-;/m0./s1. The van der Waals surface area contributed by atoms with Crippen molar-refractivity contribution in [1.82, 2.24) is 10.2 Å². The Hall–Kier alpha value is -2.07. The number of halogens is 1. The van der Waals surface area contributed by atoms with Crippen molar-refractivity contribution in [1.29, 1.82) is 0 Å². The summed E-state index contributed by atoms with van der Waals surface area (Å²) >= 11 is 3.20. The lowest BCUT2D eigenvalue weighted by Crippen LogP contribution is -3.00. The topological polar surface area (TPSA) is 95.9 Å². The number of aliphatic carboxylic acids is 1. The lowest BCUT2D eigenvalue weighted by Gasteiger charge is -2.26. The highest BCUT2D eigenvalue weighted by molar-refractivity contribution is 7.99. The van der Waals surface area contributed by atoms with E-state index >= 15 is 0 Å². The number of nitrogens with one attached hydrogen (secondary N) is 1. The number of nitrogens with zero attached hydrogens (tertiary/aromatic N) is 1. The fourth-order valence-corrected chi connectivity index (χ4v) is 5.89. The normalized spacial score (nSPS) is 19.3. The van der Waals surface area contributed by atoms with E-state index in [1.807, 2.05) is 47.8 Å². The molecular weight excluding hydrogens is 484 g/mol. The molecule has 3 rings (SSSR count). The quantitative estimate of drug-likeness (QED) is 0.435. The summed E-state index contributed by atoms with van der Waals surface area (Å²) in [6.45, 7) is 1.95. The number of rotatable bonds is 10. The van der Waals surface area contributed by atoms with Crippen molar-refractivity contribution < 1.29 is 38.1 Å². The molecule has 1 aliphatic rings. The van der Waals surface area contributed by atoms with Gasteiger partial charge in [0.05, 0.1) is 17.9 Å². The van der Waals surface area contributed by atoms with E-state index in [1.54, 1.807) is 30.0 Å². The molecule has 2 N–H and O–H groups in total. The summed E-state index contributed by atoms with van der Waals surface area (Å²) in [5.41, 5.74) is 1.09. The first-order chi connectivity index (χ1) is 15.5. The van der Waals surface area contributed by atoms with Crippen LogP contribution in [0.2, 0.25) is 0 Å². The Morgan fingerprint density at radius 2 is 2.03 bits per heavy atom. The molecule has 1 saturated heterocycles. The van der Waals surface area contributed by atoms with Gasteiger partial charge in [0, 0.05) is 17.2 Å². The Labute approximate surface area is 209 Å². The predicted molar refractivity (Wildman–Crippen MR) is 127 cm³/mol. The highest BCUT2D eigenvalue weighted by Gasteiger charge is 2.36. The van der Waals surface area contributed by atoms with E-state index in [0.717, 1.165) is 10.4 Å². The fourth-order valence-electron chi connectivity index (χ4n) is 3.63.